The maximum Gasteiger partial charge on any atom is 0.202 e. The molecule has 2 N–H and O–H groups in total. The molecule has 1 unspecified atom stereocenters. The molecule has 0 saturated carbocycles. The van der Waals surface area contributed by atoms with Gasteiger partial charge in [-0.1, -0.05) is 44.2 Å². The van der Waals surface area contributed by atoms with E-state index in [0.29, 0.717) is 22.9 Å². The lowest BCUT2D eigenvalue weighted by Gasteiger charge is -2.14. The molecule has 0 fully saturated rings. The highest BCUT2D eigenvalue weighted by atomic mass is 16.5. The number of ether oxygens (including phenoxy) is 1. The van der Waals surface area contributed by atoms with E-state index in [2.05, 4.69) is 13.8 Å². The highest BCUT2D eigenvalue weighted by molar-refractivity contribution is 5.99. The van der Waals surface area contributed by atoms with E-state index in [1.54, 1.807) is 31.2 Å². The number of carbonyl (C=O) groups excluding carboxylic acids is 1. The van der Waals surface area contributed by atoms with E-state index in [1.165, 1.54) is 5.56 Å². The van der Waals surface area contributed by atoms with Crippen LogP contribution in [-0.4, -0.2) is 11.9 Å². The van der Waals surface area contributed by atoms with Gasteiger partial charge in [0.15, 0.2) is 6.10 Å². The number of carbonyl (C=O) groups is 1. The van der Waals surface area contributed by atoms with Crippen molar-refractivity contribution in [2.45, 2.75) is 32.8 Å². The van der Waals surface area contributed by atoms with Crippen molar-refractivity contribution in [1.82, 2.24) is 0 Å². The summed E-state index contributed by atoms with van der Waals surface area (Å²) in [6, 6.07) is 14.8. The van der Waals surface area contributed by atoms with Crippen molar-refractivity contribution in [3.8, 4) is 5.75 Å². The molecule has 0 aromatic heterocycles. The molecule has 0 heterocycles. The van der Waals surface area contributed by atoms with E-state index in [0.717, 1.165) is 0 Å². The Morgan fingerprint density at radius 1 is 1.05 bits per heavy atom. The van der Waals surface area contributed by atoms with Crippen molar-refractivity contribution in [2.24, 2.45) is 0 Å². The van der Waals surface area contributed by atoms with Crippen LogP contribution >= 0.6 is 0 Å². The molecule has 0 amide bonds. The Labute approximate surface area is 125 Å². The summed E-state index contributed by atoms with van der Waals surface area (Å²) >= 11 is 0. The first-order chi connectivity index (χ1) is 9.97. The molecule has 0 bridgehead atoms. The van der Waals surface area contributed by atoms with Gasteiger partial charge in [0.2, 0.25) is 5.78 Å². The van der Waals surface area contributed by atoms with Crippen molar-refractivity contribution in [2.75, 3.05) is 5.73 Å². The number of hydrogen-bond donors (Lipinski definition) is 1. The monoisotopic (exact) mass is 283 g/mol. The molecule has 2 aromatic carbocycles. The Balaban J connectivity index is 2.08. The predicted octanol–water partition coefficient (Wildman–Crippen LogP) is 4.04. The van der Waals surface area contributed by atoms with Crippen LogP contribution in [-0.2, 0) is 0 Å². The summed E-state index contributed by atoms with van der Waals surface area (Å²) < 4.78 is 5.66. The van der Waals surface area contributed by atoms with Crippen molar-refractivity contribution in [3.05, 3.63) is 59.7 Å². The first-order valence-corrected chi connectivity index (χ1v) is 7.13. The number of Topliss-reactive ketones (excluding diaryl/α,β-unsaturated/α-hetero) is 1. The van der Waals surface area contributed by atoms with E-state index < -0.39 is 6.10 Å². The SMILES string of the molecule is CC(Oc1cccc(N)c1)C(=O)c1ccc(C(C)C)cc1. The molecule has 1 atom stereocenters. The van der Waals surface area contributed by atoms with Crippen LogP contribution in [0.15, 0.2) is 48.5 Å². The van der Waals surface area contributed by atoms with Crippen molar-refractivity contribution in [1.29, 1.82) is 0 Å². The van der Waals surface area contributed by atoms with Gasteiger partial charge in [-0.05, 0) is 30.5 Å². The zero-order valence-electron chi connectivity index (χ0n) is 12.7. The second-order valence-corrected chi connectivity index (χ2v) is 5.47. The van der Waals surface area contributed by atoms with Gasteiger partial charge < -0.3 is 10.5 Å². The van der Waals surface area contributed by atoms with Crippen LogP contribution in [0.25, 0.3) is 0 Å². The third-order valence-electron chi connectivity index (χ3n) is 3.40. The highest BCUT2D eigenvalue weighted by Gasteiger charge is 2.17. The summed E-state index contributed by atoms with van der Waals surface area (Å²) in [4.78, 5) is 12.4. The molecule has 3 heteroatoms. The van der Waals surface area contributed by atoms with Gasteiger partial charge in [0, 0.05) is 17.3 Å². The molecule has 0 spiro atoms. The molecule has 0 aliphatic rings. The molecule has 0 saturated heterocycles. The smallest absolute Gasteiger partial charge is 0.202 e. The summed E-state index contributed by atoms with van der Waals surface area (Å²) in [5.74, 6) is 1.03. The topological polar surface area (TPSA) is 52.3 Å². The number of benzene rings is 2. The minimum atomic E-state index is -0.545. The molecule has 0 aliphatic heterocycles. The first-order valence-electron chi connectivity index (χ1n) is 7.13. The second-order valence-electron chi connectivity index (χ2n) is 5.47. The molecule has 0 aliphatic carbocycles. The van der Waals surface area contributed by atoms with Gasteiger partial charge in [-0.15, -0.1) is 0 Å². The Kier molecular flexibility index (Phi) is 4.63. The van der Waals surface area contributed by atoms with Gasteiger partial charge in [0.05, 0.1) is 0 Å². The standard InChI is InChI=1S/C18H21NO2/c1-12(2)14-7-9-15(10-8-14)18(20)13(3)21-17-6-4-5-16(19)11-17/h4-13H,19H2,1-3H3. The first kappa shape index (κ1) is 15.1. The minimum absolute atomic E-state index is 0.0345. The minimum Gasteiger partial charge on any atom is -0.482 e. The Hall–Kier alpha value is -2.29. The van der Waals surface area contributed by atoms with Crippen LogP contribution in [0.3, 0.4) is 0 Å². The average molecular weight is 283 g/mol. The number of hydrogen-bond acceptors (Lipinski definition) is 3. The number of nitrogen functional groups attached to an aromatic ring is 1. The lowest BCUT2D eigenvalue weighted by molar-refractivity contribution is 0.0818. The van der Waals surface area contributed by atoms with Gasteiger partial charge in [-0.25, -0.2) is 0 Å². The van der Waals surface area contributed by atoms with E-state index >= 15 is 0 Å². The second kappa shape index (κ2) is 6.44. The lowest BCUT2D eigenvalue weighted by atomic mass is 9.99. The summed E-state index contributed by atoms with van der Waals surface area (Å²) in [6.07, 6.45) is -0.545. The Bertz CT molecular complexity index is 617. The lowest BCUT2D eigenvalue weighted by Crippen LogP contribution is -2.23. The summed E-state index contributed by atoms with van der Waals surface area (Å²) in [5.41, 5.74) is 8.20. The quantitative estimate of drug-likeness (QED) is 0.665. The summed E-state index contributed by atoms with van der Waals surface area (Å²) in [5, 5.41) is 0. The van der Waals surface area contributed by atoms with Crippen LogP contribution < -0.4 is 10.5 Å². The van der Waals surface area contributed by atoms with Gasteiger partial charge in [0.1, 0.15) is 5.75 Å². The van der Waals surface area contributed by atoms with Crippen molar-refractivity contribution < 1.29 is 9.53 Å². The zero-order chi connectivity index (χ0) is 15.4. The van der Waals surface area contributed by atoms with Crippen molar-refractivity contribution in [3.63, 3.8) is 0 Å². The molecule has 110 valence electrons. The van der Waals surface area contributed by atoms with Crippen LogP contribution in [0, 0.1) is 0 Å². The average Bonchev–Trinajstić information content (AvgIpc) is 2.46. The van der Waals surface area contributed by atoms with Crippen LogP contribution in [0.2, 0.25) is 0 Å². The fourth-order valence-electron chi connectivity index (χ4n) is 2.11. The molecule has 0 radical (unpaired) electrons. The van der Waals surface area contributed by atoms with Crippen molar-refractivity contribution >= 4 is 11.5 Å². The van der Waals surface area contributed by atoms with E-state index in [9.17, 15) is 4.79 Å². The molecule has 3 nitrogen and oxygen atoms in total. The summed E-state index contributed by atoms with van der Waals surface area (Å²) in [6.45, 7) is 6.01. The molecular weight excluding hydrogens is 262 g/mol. The number of ketones is 1. The van der Waals surface area contributed by atoms with E-state index in [4.69, 9.17) is 10.5 Å². The fraction of sp³-hybridized carbons (Fsp3) is 0.278. The third-order valence-corrected chi connectivity index (χ3v) is 3.40. The number of nitrogens with two attached hydrogens (primary N) is 1. The Morgan fingerprint density at radius 3 is 2.29 bits per heavy atom. The number of anilines is 1. The van der Waals surface area contributed by atoms with E-state index in [1.807, 2.05) is 24.3 Å². The van der Waals surface area contributed by atoms with Crippen LogP contribution in [0.4, 0.5) is 5.69 Å². The maximum absolute atomic E-state index is 12.4. The third kappa shape index (κ3) is 3.85. The normalized spacial score (nSPS) is 12.2. The van der Waals surface area contributed by atoms with Crippen LogP contribution in [0.5, 0.6) is 5.75 Å². The maximum atomic E-state index is 12.4. The largest absolute Gasteiger partial charge is 0.482 e. The molecule has 2 aromatic rings. The van der Waals surface area contributed by atoms with Gasteiger partial charge in [-0.3, -0.25) is 4.79 Å². The molecule has 2 rings (SSSR count). The van der Waals surface area contributed by atoms with Crippen LogP contribution in [0.1, 0.15) is 42.6 Å². The van der Waals surface area contributed by atoms with E-state index in [-0.39, 0.29) is 5.78 Å². The van der Waals surface area contributed by atoms with Gasteiger partial charge >= 0.3 is 0 Å². The van der Waals surface area contributed by atoms with Gasteiger partial charge in [0.25, 0.3) is 0 Å². The fourth-order valence-corrected chi connectivity index (χ4v) is 2.11. The Morgan fingerprint density at radius 2 is 1.71 bits per heavy atom. The highest BCUT2D eigenvalue weighted by Crippen LogP contribution is 2.19. The number of rotatable bonds is 5. The zero-order valence-corrected chi connectivity index (χ0v) is 12.7. The summed E-state index contributed by atoms with van der Waals surface area (Å²) in [7, 11) is 0. The molecular formula is C18H21NO2. The molecule has 21 heavy (non-hydrogen) atoms. The van der Waals surface area contributed by atoms with Gasteiger partial charge in [-0.2, -0.15) is 0 Å². The predicted molar refractivity (Wildman–Crippen MR) is 85.8 cm³/mol.